The first-order valence-electron chi connectivity index (χ1n) is 10.1. The van der Waals surface area contributed by atoms with Crippen molar-refractivity contribution in [2.75, 3.05) is 25.3 Å². The zero-order valence-corrected chi connectivity index (χ0v) is 16.8. The number of allylic oxidation sites excluding steroid dienone is 1. The Labute approximate surface area is 175 Å². The van der Waals surface area contributed by atoms with E-state index in [-0.39, 0.29) is 18.7 Å². The molecule has 1 amide bonds. The average molecular weight is 408 g/mol. The number of ether oxygens (including phenoxy) is 3. The van der Waals surface area contributed by atoms with E-state index in [0.717, 1.165) is 29.1 Å². The Morgan fingerprint density at radius 1 is 1.10 bits per heavy atom. The van der Waals surface area contributed by atoms with Gasteiger partial charge in [-0.15, -0.1) is 0 Å². The first kappa shape index (κ1) is 19.8. The molecule has 7 nitrogen and oxygen atoms in total. The fourth-order valence-corrected chi connectivity index (χ4v) is 3.61. The van der Waals surface area contributed by atoms with Gasteiger partial charge in [0.1, 0.15) is 0 Å². The summed E-state index contributed by atoms with van der Waals surface area (Å²) in [5.41, 5.74) is 3.96. The highest BCUT2D eigenvalue weighted by atomic mass is 16.7. The number of aryl methyl sites for hydroxylation is 1. The van der Waals surface area contributed by atoms with E-state index < -0.39 is 0 Å². The molecule has 2 aliphatic rings. The molecule has 7 heteroatoms. The molecule has 2 aromatic carbocycles. The predicted molar refractivity (Wildman–Crippen MR) is 112 cm³/mol. The highest BCUT2D eigenvalue weighted by molar-refractivity contribution is 5.94. The van der Waals surface area contributed by atoms with Crippen LogP contribution in [0.15, 0.2) is 53.7 Å². The topological polar surface area (TPSA) is 85.9 Å². The van der Waals surface area contributed by atoms with Crippen LogP contribution in [0.3, 0.4) is 0 Å². The molecular formula is C23H24N2O5. The van der Waals surface area contributed by atoms with E-state index in [4.69, 9.17) is 14.2 Å². The SMILES string of the molecule is CCOC(=O)/C(CCNC(=O)c1ccccc1)=C1\CCc2cc3c(cc2N1)OCO3. The quantitative estimate of drug-likeness (QED) is 0.563. The van der Waals surface area contributed by atoms with Crippen molar-refractivity contribution in [1.82, 2.24) is 5.32 Å². The molecule has 0 bridgehead atoms. The van der Waals surface area contributed by atoms with Crippen LogP contribution >= 0.6 is 0 Å². The smallest absolute Gasteiger partial charge is 0.335 e. The third-order valence-corrected chi connectivity index (χ3v) is 5.11. The molecule has 30 heavy (non-hydrogen) atoms. The number of amides is 1. The van der Waals surface area contributed by atoms with Crippen molar-refractivity contribution in [2.45, 2.75) is 26.2 Å². The largest absolute Gasteiger partial charge is 0.463 e. The van der Waals surface area contributed by atoms with Gasteiger partial charge in [-0.3, -0.25) is 4.79 Å². The summed E-state index contributed by atoms with van der Waals surface area (Å²) in [7, 11) is 0. The molecule has 0 radical (unpaired) electrons. The number of benzene rings is 2. The van der Waals surface area contributed by atoms with Gasteiger partial charge in [0.25, 0.3) is 5.91 Å². The molecular weight excluding hydrogens is 384 g/mol. The minimum atomic E-state index is -0.363. The standard InChI is InChI=1S/C23H24N2O5/c1-2-28-23(27)17(10-11-24-22(26)15-6-4-3-5-7-15)18-9-8-16-12-20-21(30-14-29-20)13-19(16)25-18/h3-7,12-13,25H,2,8-11,14H2,1H3,(H,24,26)/b18-17+. The fourth-order valence-electron chi connectivity index (χ4n) is 3.61. The van der Waals surface area contributed by atoms with Crippen molar-refractivity contribution in [3.63, 3.8) is 0 Å². The van der Waals surface area contributed by atoms with Gasteiger partial charge >= 0.3 is 5.97 Å². The molecule has 0 saturated heterocycles. The van der Waals surface area contributed by atoms with E-state index in [1.807, 2.05) is 30.3 Å². The number of rotatable bonds is 6. The Kier molecular flexibility index (Phi) is 5.88. The lowest BCUT2D eigenvalue weighted by Crippen LogP contribution is -2.27. The summed E-state index contributed by atoms with van der Waals surface area (Å²) >= 11 is 0. The summed E-state index contributed by atoms with van der Waals surface area (Å²) in [5.74, 6) is 0.907. The molecule has 0 aliphatic carbocycles. The van der Waals surface area contributed by atoms with E-state index in [9.17, 15) is 9.59 Å². The zero-order chi connectivity index (χ0) is 20.9. The molecule has 2 aliphatic heterocycles. The van der Waals surface area contributed by atoms with Gasteiger partial charge in [0.05, 0.1) is 12.2 Å². The molecule has 0 spiro atoms. The first-order chi connectivity index (χ1) is 14.7. The van der Waals surface area contributed by atoms with E-state index in [2.05, 4.69) is 10.6 Å². The average Bonchev–Trinajstić information content (AvgIpc) is 3.22. The third-order valence-electron chi connectivity index (χ3n) is 5.11. The second kappa shape index (κ2) is 8.90. The van der Waals surface area contributed by atoms with Crippen LogP contribution < -0.4 is 20.1 Å². The van der Waals surface area contributed by atoms with E-state index in [1.165, 1.54) is 0 Å². The molecule has 156 valence electrons. The lowest BCUT2D eigenvalue weighted by atomic mass is 9.96. The number of carbonyl (C=O) groups excluding carboxylic acids is 2. The normalized spacial score (nSPS) is 15.6. The Hall–Kier alpha value is -3.48. The highest BCUT2D eigenvalue weighted by Gasteiger charge is 2.24. The maximum Gasteiger partial charge on any atom is 0.335 e. The Bertz CT molecular complexity index is 985. The van der Waals surface area contributed by atoms with Gasteiger partial charge in [-0.1, -0.05) is 18.2 Å². The summed E-state index contributed by atoms with van der Waals surface area (Å²) in [6.07, 6.45) is 1.82. The Balaban J connectivity index is 1.49. The van der Waals surface area contributed by atoms with Gasteiger partial charge < -0.3 is 24.8 Å². The van der Waals surface area contributed by atoms with Gasteiger partial charge in [0.15, 0.2) is 11.5 Å². The number of carbonyl (C=O) groups is 2. The monoisotopic (exact) mass is 408 g/mol. The van der Waals surface area contributed by atoms with Crippen LogP contribution in [0.1, 0.15) is 35.7 Å². The number of anilines is 1. The highest BCUT2D eigenvalue weighted by Crippen LogP contribution is 2.40. The Morgan fingerprint density at radius 2 is 1.87 bits per heavy atom. The van der Waals surface area contributed by atoms with Crippen molar-refractivity contribution in [2.24, 2.45) is 0 Å². The van der Waals surface area contributed by atoms with Gasteiger partial charge in [-0.25, -0.2) is 4.79 Å². The van der Waals surface area contributed by atoms with Crippen molar-refractivity contribution in [1.29, 1.82) is 0 Å². The van der Waals surface area contributed by atoms with Gasteiger partial charge in [-0.2, -0.15) is 0 Å². The number of esters is 1. The molecule has 2 N–H and O–H groups in total. The molecule has 4 rings (SSSR count). The molecule has 0 fully saturated rings. The number of nitrogens with one attached hydrogen (secondary N) is 2. The van der Waals surface area contributed by atoms with Crippen LogP contribution in [0.4, 0.5) is 5.69 Å². The molecule has 0 atom stereocenters. The second-order valence-electron chi connectivity index (χ2n) is 7.04. The van der Waals surface area contributed by atoms with Crippen molar-refractivity contribution in [3.8, 4) is 11.5 Å². The lowest BCUT2D eigenvalue weighted by Gasteiger charge is -2.24. The third kappa shape index (κ3) is 4.25. The summed E-state index contributed by atoms with van der Waals surface area (Å²) in [6.45, 7) is 2.63. The zero-order valence-electron chi connectivity index (χ0n) is 16.8. The van der Waals surface area contributed by atoms with Crippen LogP contribution in [-0.2, 0) is 16.0 Å². The predicted octanol–water partition coefficient (Wildman–Crippen LogP) is 3.41. The molecule has 0 saturated carbocycles. The van der Waals surface area contributed by atoms with Gasteiger partial charge in [0.2, 0.25) is 6.79 Å². The van der Waals surface area contributed by atoms with E-state index in [1.54, 1.807) is 19.1 Å². The van der Waals surface area contributed by atoms with Crippen molar-refractivity contribution >= 4 is 17.6 Å². The molecule has 2 aromatic rings. The maximum atomic E-state index is 12.6. The van der Waals surface area contributed by atoms with Gasteiger partial charge in [-0.05, 0) is 49.9 Å². The van der Waals surface area contributed by atoms with Crippen molar-refractivity contribution < 1.29 is 23.8 Å². The number of fused-ring (bicyclic) bond motifs is 2. The fraction of sp³-hybridized carbons (Fsp3) is 0.304. The van der Waals surface area contributed by atoms with Crippen LogP contribution in [0.5, 0.6) is 11.5 Å². The Morgan fingerprint density at radius 3 is 2.63 bits per heavy atom. The van der Waals surface area contributed by atoms with Crippen molar-refractivity contribution in [3.05, 3.63) is 64.9 Å². The lowest BCUT2D eigenvalue weighted by molar-refractivity contribution is -0.138. The first-order valence-corrected chi connectivity index (χ1v) is 10.1. The van der Waals surface area contributed by atoms with Crippen LogP contribution in [0, 0.1) is 0 Å². The summed E-state index contributed by atoms with van der Waals surface area (Å²) in [4.78, 5) is 24.9. The minimum Gasteiger partial charge on any atom is -0.463 e. The maximum absolute atomic E-state index is 12.6. The van der Waals surface area contributed by atoms with Crippen LogP contribution in [-0.4, -0.2) is 31.8 Å². The molecule has 0 aromatic heterocycles. The summed E-state index contributed by atoms with van der Waals surface area (Å²) < 4.78 is 16.2. The van der Waals surface area contributed by atoms with Gasteiger partial charge in [0, 0.05) is 29.6 Å². The number of hydrogen-bond donors (Lipinski definition) is 2. The summed E-state index contributed by atoms with van der Waals surface area (Å²) in [5, 5.41) is 6.24. The minimum absolute atomic E-state index is 0.168. The molecule has 0 unspecified atom stereocenters. The second-order valence-corrected chi connectivity index (χ2v) is 7.04. The summed E-state index contributed by atoms with van der Waals surface area (Å²) in [6, 6.07) is 12.9. The molecule has 2 heterocycles. The van der Waals surface area contributed by atoms with E-state index in [0.29, 0.717) is 42.9 Å². The van der Waals surface area contributed by atoms with Crippen LogP contribution in [0.2, 0.25) is 0 Å². The van der Waals surface area contributed by atoms with Crippen LogP contribution in [0.25, 0.3) is 0 Å². The van der Waals surface area contributed by atoms with E-state index >= 15 is 0 Å². The number of hydrogen-bond acceptors (Lipinski definition) is 6.